The smallest absolute Gasteiger partial charge is 0.263 e. The van der Waals surface area contributed by atoms with Crippen molar-refractivity contribution in [3.05, 3.63) is 71.0 Å². The van der Waals surface area contributed by atoms with E-state index in [2.05, 4.69) is 15.3 Å². The van der Waals surface area contributed by atoms with Gasteiger partial charge in [-0.25, -0.2) is 4.98 Å². The third kappa shape index (κ3) is 3.20. The predicted octanol–water partition coefficient (Wildman–Crippen LogP) is 3.44. The molecule has 3 rings (SSSR count). The Kier molecular flexibility index (Phi) is 4.25. The summed E-state index contributed by atoms with van der Waals surface area (Å²) in [6.07, 6.45) is 1.72. The number of aromatic nitrogens is 2. The zero-order valence-corrected chi connectivity index (χ0v) is 12.9. The average Bonchev–Trinajstić information content (AvgIpc) is 2.96. The molecule has 0 bridgehead atoms. The number of rotatable bonds is 4. The van der Waals surface area contributed by atoms with Gasteiger partial charge in [0.15, 0.2) is 0 Å². The fraction of sp³-hybridized carbons (Fsp3) is 0.118. The van der Waals surface area contributed by atoms with Gasteiger partial charge >= 0.3 is 0 Å². The highest BCUT2D eigenvalue weighted by Gasteiger charge is 2.15. The Bertz CT molecular complexity index is 769. The fourth-order valence-electron chi connectivity index (χ4n) is 2.07. The number of hydrogen-bond donors (Lipinski definition) is 1. The van der Waals surface area contributed by atoms with Gasteiger partial charge in [0.25, 0.3) is 5.91 Å². The molecule has 0 atom stereocenters. The molecule has 0 unspecified atom stereocenters. The van der Waals surface area contributed by atoms with Crippen LogP contribution in [0.1, 0.15) is 21.1 Å². The Morgan fingerprint density at radius 2 is 1.91 bits per heavy atom. The first kappa shape index (κ1) is 14.4. The summed E-state index contributed by atoms with van der Waals surface area (Å²) in [7, 11) is 0. The van der Waals surface area contributed by atoms with Crippen molar-refractivity contribution in [2.45, 2.75) is 13.5 Å². The molecule has 1 aromatic carbocycles. The first-order valence-corrected chi connectivity index (χ1v) is 7.76. The van der Waals surface area contributed by atoms with E-state index in [4.69, 9.17) is 0 Å². The Balaban J connectivity index is 1.74. The van der Waals surface area contributed by atoms with Crippen LogP contribution in [0.25, 0.3) is 10.6 Å². The molecule has 0 saturated heterocycles. The van der Waals surface area contributed by atoms with Gasteiger partial charge in [0.2, 0.25) is 0 Å². The summed E-state index contributed by atoms with van der Waals surface area (Å²) in [5, 5.41) is 3.75. The molecule has 2 aromatic heterocycles. The fourth-order valence-corrected chi connectivity index (χ4v) is 3.05. The average molecular weight is 309 g/mol. The van der Waals surface area contributed by atoms with Gasteiger partial charge in [0.1, 0.15) is 9.88 Å². The van der Waals surface area contributed by atoms with Crippen molar-refractivity contribution in [3.63, 3.8) is 0 Å². The lowest BCUT2D eigenvalue weighted by Gasteiger charge is -2.03. The number of carbonyl (C=O) groups excluding carboxylic acids is 1. The van der Waals surface area contributed by atoms with Crippen LogP contribution >= 0.6 is 11.3 Å². The number of amides is 1. The van der Waals surface area contributed by atoms with Gasteiger partial charge in [-0.1, -0.05) is 36.4 Å². The number of pyridine rings is 1. The molecule has 0 aliphatic carbocycles. The lowest BCUT2D eigenvalue weighted by Crippen LogP contribution is -2.23. The van der Waals surface area contributed by atoms with Gasteiger partial charge < -0.3 is 5.32 Å². The second-order valence-corrected chi connectivity index (χ2v) is 5.80. The summed E-state index contributed by atoms with van der Waals surface area (Å²) in [6, 6.07) is 15.5. The van der Waals surface area contributed by atoms with Crippen molar-refractivity contribution >= 4 is 17.2 Å². The minimum atomic E-state index is -0.108. The lowest BCUT2D eigenvalue weighted by atomic mass is 10.2. The van der Waals surface area contributed by atoms with E-state index in [1.165, 1.54) is 11.3 Å². The molecule has 2 heterocycles. The molecule has 1 amide bonds. The SMILES string of the molecule is Cc1nc(-c2ccccc2)sc1C(=O)NCc1ccccn1. The van der Waals surface area contributed by atoms with Crippen molar-refractivity contribution in [2.75, 3.05) is 0 Å². The van der Waals surface area contributed by atoms with Gasteiger partial charge in [0.05, 0.1) is 17.9 Å². The largest absolute Gasteiger partial charge is 0.346 e. The number of aryl methyl sites for hydroxylation is 1. The molecule has 3 aromatic rings. The van der Waals surface area contributed by atoms with Gasteiger partial charge in [-0.15, -0.1) is 11.3 Å². The van der Waals surface area contributed by atoms with Crippen LogP contribution in [-0.4, -0.2) is 15.9 Å². The van der Waals surface area contributed by atoms with E-state index < -0.39 is 0 Å². The molecule has 0 radical (unpaired) electrons. The van der Waals surface area contributed by atoms with E-state index >= 15 is 0 Å². The van der Waals surface area contributed by atoms with Crippen molar-refractivity contribution in [2.24, 2.45) is 0 Å². The second-order valence-electron chi connectivity index (χ2n) is 4.80. The predicted molar refractivity (Wildman–Crippen MR) is 87.7 cm³/mol. The molecule has 1 N–H and O–H groups in total. The van der Waals surface area contributed by atoms with Crippen molar-refractivity contribution in [1.29, 1.82) is 0 Å². The maximum Gasteiger partial charge on any atom is 0.263 e. The van der Waals surface area contributed by atoms with Gasteiger partial charge in [-0.05, 0) is 19.1 Å². The maximum atomic E-state index is 12.3. The van der Waals surface area contributed by atoms with E-state index in [0.29, 0.717) is 11.4 Å². The third-order valence-electron chi connectivity index (χ3n) is 3.18. The number of nitrogens with one attached hydrogen (secondary N) is 1. The number of thiazole rings is 1. The van der Waals surface area contributed by atoms with Gasteiger partial charge in [-0.3, -0.25) is 9.78 Å². The van der Waals surface area contributed by atoms with E-state index in [-0.39, 0.29) is 5.91 Å². The summed E-state index contributed by atoms with van der Waals surface area (Å²) < 4.78 is 0. The van der Waals surface area contributed by atoms with Crippen molar-refractivity contribution in [1.82, 2.24) is 15.3 Å². The van der Waals surface area contributed by atoms with Crippen LogP contribution in [0.15, 0.2) is 54.7 Å². The molecule has 22 heavy (non-hydrogen) atoms. The molecule has 0 aliphatic rings. The summed E-state index contributed by atoms with van der Waals surface area (Å²) in [5.41, 5.74) is 2.61. The summed E-state index contributed by atoms with van der Waals surface area (Å²) in [5.74, 6) is -0.108. The maximum absolute atomic E-state index is 12.3. The van der Waals surface area contributed by atoms with Crippen LogP contribution in [-0.2, 0) is 6.54 Å². The van der Waals surface area contributed by atoms with Crippen LogP contribution in [0.2, 0.25) is 0 Å². The van der Waals surface area contributed by atoms with Gasteiger partial charge in [-0.2, -0.15) is 0 Å². The molecule has 0 spiro atoms. The zero-order chi connectivity index (χ0) is 15.4. The molecule has 0 fully saturated rings. The lowest BCUT2D eigenvalue weighted by molar-refractivity contribution is 0.0953. The van der Waals surface area contributed by atoms with E-state index in [9.17, 15) is 4.79 Å². The van der Waals surface area contributed by atoms with Crippen molar-refractivity contribution in [3.8, 4) is 10.6 Å². The third-order valence-corrected chi connectivity index (χ3v) is 4.39. The molecule has 110 valence electrons. The van der Waals surface area contributed by atoms with Crippen LogP contribution in [0.5, 0.6) is 0 Å². The number of hydrogen-bond acceptors (Lipinski definition) is 4. The molecule has 5 heteroatoms. The number of benzene rings is 1. The normalized spacial score (nSPS) is 10.4. The standard InChI is InChI=1S/C17H15N3OS/c1-12-15(16(21)19-11-14-9-5-6-10-18-14)22-17(20-12)13-7-3-2-4-8-13/h2-10H,11H2,1H3,(H,19,21). The Labute approximate surface area is 132 Å². The van der Waals surface area contributed by atoms with Crippen LogP contribution < -0.4 is 5.32 Å². The highest BCUT2D eigenvalue weighted by Crippen LogP contribution is 2.27. The first-order valence-electron chi connectivity index (χ1n) is 6.95. The first-order chi connectivity index (χ1) is 10.7. The van der Waals surface area contributed by atoms with Crippen LogP contribution in [0, 0.1) is 6.92 Å². The van der Waals surface area contributed by atoms with Gasteiger partial charge in [0, 0.05) is 11.8 Å². The summed E-state index contributed by atoms with van der Waals surface area (Å²) in [4.78, 5) is 21.7. The molecular weight excluding hydrogens is 294 g/mol. The van der Waals surface area contributed by atoms with E-state index in [1.807, 2.05) is 55.5 Å². The minimum absolute atomic E-state index is 0.108. The molecule has 0 aliphatic heterocycles. The molecule has 4 nitrogen and oxygen atoms in total. The number of nitrogens with zero attached hydrogens (tertiary/aromatic N) is 2. The van der Waals surface area contributed by atoms with Crippen molar-refractivity contribution < 1.29 is 4.79 Å². The molecular formula is C17H15N3OS. The zero-order valence-electron chi connectivity index (χ0n) is 12.1. The highest BCUT2D eigenvalue weighted by atomic mass is 32.1. The summed E-state index contributed by atoms with van der Waals surface area (Å²) >= 11 is 1.41. The van der Waals surface area contributed by atoms with Crippen LogP contribution in [0.4, 0.5) is 0 Å². The Morgan fingerprint density at radius 1 is 1.14 bits per heavy atom. The van der Waals surface area contributed by atoms with Crippen LogP contribution in [0.3, 0.4) is 0 Å². The number of carbonyl (C=O) groups is 1. The van der Waals surface area contributed by atoms with E-state index in [0.717, 1.165) is 22.0 Å². The minimum Gasteiger partial charge on any atom is -0.346 e. The molecule has 0 saturated carbocycles. The summed E-state index contributed by atoms with van der Waals surface area (Å²) in [6.45, 7) is 2.27. The monoisotopic (exact) mass is 309 g/mol. The van der Waals surface area contributed by atoms with E-state index in [1.54, 1.807) is 6.20 Å². The topological polar surface area (TPSA) is 54.9 Å². The highest BCUT2D eigenvalue weighted by molar-refractivity contribution is 7.17. The quantitative estimate of drug-likeness (QED) is 0.803. The Morgan fingerprint density at radius 3 is 2.64 bits per heavy atom. The Hall–Kier alpha value is -2.53. The second kappa shape index (κ2) is 6.49.